The average molecular weight is 498 g/mol. The molecule has 0 saturated carbocycles. The molecule has 2 aromatic rings. The lowest BCUT2D eigenvalue weighted by Gasteiger charge is -2.36. The molecule has 0 radical (unpaired) electrons. The summed E-state index contributed by atoms with van der Waals surface area (Å²) < 4.78 is 37.9. The molecule has 2 atom stereocenters. The van der Waals surface area contributed by atoms with Crippen molar-refractivity contribution in [3.05, 3.63) is 45.6 Å². The Hall–Kier alpha value is -2.55. The molecular weight excluding hydrogens is 474 g/mol. The molecule has 1 fully saturated rings. The van der Waals surface area contributed by atoms with Gasteiger partial charge in [-0.15, -0.1) is 11.3 Å². The van der Waals surface area contributed by atoms with E-state index in [1.807, 2.05) is 0 Å². The molecule has 2 aliphatic rings. The minimum Gasteiger partial charge on any atom is -0.497 e. The lowest BCUT2D eigenvalue weighted by molar-refractivity contribution is -0.137. The first-order valence-electron chi connectivity index (χ1n) is 10.1. The topological polar surface area (TPSA) is 146 Å². The Kier molecular flexibility index (Phi) is 6.70. The number of carbonyl (C=O) groups excluding carboxylic acids is 2. The number of nitrogens with one attached hydrogen (secondary N) is 1. The van der Waals surface area contributed by atoms with Gasteiger partial charge < -0.3 is 19.5 Å². The summed E-state index contributed by atoms with van der Waals surface area (Å²) in [6.07, 6.45) is -1.58. The van der Waals surface area contributed by atoms with Gasteiger partial charge in [-0.2, -0.15) is 4.31 Å². The van der Waals surface area contributed by atoms with Gasteiger partial charge in [-0.05, 0) is 35.9 Å². The van der Waals surface area contributed by atoms with Gasteiger partial charge in [0.2, 0.25) is 10.0 Å². The van der Waals surface area contributed by atoms with E-state index in [2.05, 4.69) is 0 Å². The lowest BCUT2D eigenvalue weighted by atomic mass is 10.0. The number of nitrogens with zero attached hydrogens (tertiary/aromatic N) is 2. The highest BCUT2D eigenvalue weighted by Crippen LogP contribution is 2.40. The number of fused-ring (bicyclic) bond motifs is 1. The summed E-state index contributed by atoms with van der Waals surface area (Å²) in [5.74, 6) is -0.888. The quantitative estimate of drug-likeness (QED) is 0.396. The second-order valence-electron chi connectivity index (χ2n) is 7.50. The number of aliphatic hydroxyl groups is 1. The monoisotopic (exact) mass is 497 g/mol. The second-order valence-corrected chi connectivity index (χ2v) is 10.5. The fourth-order valence-corrected chi connectivity index (χ4v) is 6.60. The van der Waals surface area contributed by atoms with E-state index in [1.54, 1.807) is 11.0 Å². The van der Waals surface area contributed by atoms with Crippen LogP contribution in [-0.4, -0.2) is 79.2 Å². The van der Waals surface area contributed by atoms with Crippen LogP contribution in [0.5, 0.6) is 5.75 Å². The SMILES string of the molecule is COc1ccc(S(=O)(=O)N2Cc3cc(C(=O)N4CCOCC4)sc3C(O)C2C(=O)NO)cc1. The Morgan fingerprint density at radius 1 is 1.21 bits per heavy atom. The summed E-state index contributed by atoms with van der Waals surface area (Å²) in [6, 6.07) is 5.49. The van der Waals surface area contributed by atoms with Gasteiger partial charge in [0.1, 0.15) is 17.9 Å². The third-order valence-electron chi connectivity index (χ3n) is 5.60. The number of hydrogen-bond donors (Lipinski definition) is 3. The molecule has 3 heterocycles. The van der Waals surface area contributed by atoms with E-state index in [0.717, 1.165) is 15.6 Å². The molecule has 0 bridgehead atoms. The predicted octanol–water partition coefficient (Wildman–Crippen LogP) is 0.341. The summed E-state index contributed by atoms with van der Waals surface area (Å²) in [6.45, 7) is 1.44. The second kappa shape index (κ2) is 9.37. The van der Waals surface area contributed by atoms with Crippen LogP contribution in [0.1, 0.15) is 26.2 Å². The maximum absolute atomic E-state index is 13.4. The van der Waals surface area contributed by atoms with Crippen LogP contribution in [-0.2, 0) is 26.1 Å². The van der Waals surface area contributed by atoms with Gasteiger partial charge in [0.05, 0.1) is 30.1 Å². The van der Waals surface area contributed by atoms with E-state index in [4.69, 9.17) is 9.47 Å². The Morgan fingerprint density at radius 3 is 2.48 bits per heavy atom. The molecule has 3 N–H and O–H groups in total. The molecule has 178 valence electrons. The maximum atomic E-state index is 13.4. The van der Waals surface area contributed by atoms with Crippen LogP contribution in [0, 0.1) is 0 Å². The van der Waals surface area contributed by atoms with Crippen molar-refractivity contribution in [1.29, 1.82) is 0 Å². The number of hydroxylamine groups is 1. The Bertz CT molecular complexity index is 1140. The maximum Gasteiger partial charge on any atom is 0.264 e. The number of aliphatic hydroxyl groups excluding tert-OH is 1. The minimum absolute atomic E-state index is 0.116. The molecule has 4 rings (SSSR count). The number of sulfonamides is 1. The van der Waals surface area contributed by atoms with Gasteiger partial charge in [-0.1, -0.05) is 0 Å². The molecule has 1 saturated heterocycles. The summed E-state index contributed by atoms with van der Waals surface area (Å²) >= 11 is 1.01. The smallest absolute Gasteiger partial charge is 0.264 e. The van der Waals surface area contributed by atoms with Crippen molar-refractivity contribution in [2.24, 2.45) is 0 Å². The van der Waals surface area contributed by atoms with Crippen LogP contribution < -0.4 is 10.2 Å². The highest BCUT2D eigenvalue weighted by molar-refractivity contribution is 7.89. The van der Waals surface area contributed by atoms with Gasteiger partial charge in [-0.3, -0.25) is 14.8 Å². The van der Waals surface area contributed by atoms with Crippen LogP contribution >= 0.6 is 11.3 Å². The first kappa shape index (κ1) is 23.6. The fraction of sp³-hybridized carbons (Fsp3) is 0.400. The number of ether oxygens (including phenoxy) is 2. The van der Waals surface area contributed by atoms with Crippen LogP contribution in [0.3, 0.4) is 0 Å². The zero-order chi connectivity index (χ0) is 23.8. The largest absolute Gasteiger partial charge is 0.497 e. The fourth-order valence-electron chi connectivity index (χ4n) is 3.87. The third-order valence-corrected chi connectivity index (χ3v) is 8.68. The third kappa shape index (κ3) is 4.35. The van der Waals surface area contributed by atoms with E-state index in [0.29, 0.717) is 47.4 Å². The number of hydrogen-bond acceptors (Lipinski definition) is 9. The van der Waals surface area contributed by atoms with Crippen molar-refractivity contribution in [3.63, 3.8) is 0 Å². The van der Waals surface area contributed by atoms with Gasteiger partial charge in [0, 0.05) is 24.5 Å². The molecule has 0 spiro atoms. The number of benzene rings is 1. The summed E-state index contributed by atoms with van der Waals surface area (Å²) in [4.78, 5) is 27.5. The van der Waals surface area contributed by atoms with Gasteiger partial charge >= 0.3 is 0 Å². The highest BCUT2D eigenvalue weighted by atomic mass is 32.2. The number of rotatable bonds is 5. The molecule has 11 nitrogen and oxygen atoms in total. The van der Waals surface area contributed by atoms with Crippen molar-refractivity contribution < 1.29 is 37.8 Å². The van der Waals surface area contributed by atoms with Crippen molar-refractivity contribution >= 4 is 33.2 Å². The zero-order valence-corrected chi connectivity index (χ0v) is 19.3. The zero-order valence-electron chi connectivity index (χ0n) is 17.6. The highest BCUT2D eigenvalue weighted by Gasteiger charge is 2.46. The van der Waals surface area contributed by atoms with Crippen molar-refractivity contribution in [2.75, 3.05) is 33.4 Å². The Morgan fingerprint density at radius 2 is 1.88 bits per heavy atom. The number of methoxy groups -OCH3 is 1. The van der Waals surface area contributed by atoms with E-state index in [-0.39, 0.29) is 17.3 Å². The first-order valence-corrected chi connectivity index (χ1v) is 12.3. The molecule has 1 aromatic heterocycles. The number of morpholine rings is 1. The Labute approximate surface area is 194 Å². The Balaban J connectivity index is 1.71. The lowest BCUT2D eigenvalue weighted by Crippen LogP contribution is -2.53. The van der Waals surface area contributed by atoms with E-state index in [9.17, 15) is 28.3 Å². The van der Waals surface area contributed by atoms with Crippen LogP contribution in [0.15, 0.2) is 35.2 Å². The van der Waals surface area contributed by atoms with Crippen LogP contribution in [0.2, 0.25) is 0 Å². The van der Waals surface area contributed by atoms with Gasteiger partial charge in [0.25, 0.3) is 11.8 Å². The molecule has 13 heteroatoms. The van der Waals surface area contributed by atoms with Crippen LogP contribution in [0.25, 0.3) is 0 Å². The number of amides is 2. The predicted molar refractivity (Wildman–Crippen MR) is 115 cm³/mol. The van der Waals surface area contributed by atoms with Crippen molar-refractivity contribution in [1.82, 2.24) is 14.7 Å². The number of carbonyl (C=O) groups is 2. The molecule has 2 aliphatic heterocycles. The molecular formula is C20H23N3O8S2. The summed E-state index contributed by atoms with van der Waals surface area (Å²) in [5, 5.41) is 20.2. The average Bonchev–Trinajstić information content (AvgIpc) is 3.28. The minimum atomic E-state index is -4.26. The first-order chi connectivity index (χ1) is 15.8. The standard InChI is InChI=1S/C20H23N3O8S2/c1-30-13-2-4-14(5-3-13)33(28,29)23-11-12-10-15(20(26)22-6-8-31-9-7-22)32-18(12)17(24)16(23)19(25)21-27/h2-5,10,16-17,24,27H,6-9,11H2,1H3,(H,21,25). The summed E-state index contributed by atoms with van der Waals surface area (Å²) in [5.41, 5.74) is 1.86. The van der Waals surface area contributed by atoms with Crippen molar-refractivity contribution in [2.45, 2.75) is 23.6 Å². The van der Waals surface area contributed by atoms with E-state index < -0.39 is 28.1 Å². The summed E-state index contributed by atoms with van der Waals surface area (Å²) in [7, 11) is -2.82. The van der Waals surface area contributed by atoms with E-state index >= 15 is 0 Å². The van der Waals surface area contributed by atoms with Gasteiger partial charge in [0.15, 0.2) is 0 Å². The molecule has 2 amide bonds. The normalized spacial score (nSPS) is 21.4. The van der Waals surface area contributed by atoms with E-state index in [1.165, 1.54) is 36.9 Å². The van der Waals surface area contributed by atoms with Gasteiger partial charge in [-0.25, -0.2) is 13.9 Å². The molecule has 2 unspecified atom stereocenters. The number of thiophene rings is 1. The van der Waals surface area contributed by atoms with Crippen LogP contribution in [0.4, 0.5) is 0 Å². The molecule has 33 heavy (non-hydrogen) atoms. The van der Waals surface area contributed by atoms with Crippen molar-refractivity contribution in [3.8, 4) is 5.75 Å². The molecule has 1 aromatic carbocycles. The molecule has 0 aliphatic carbocycles.